The van der Waals surface area contributed by atoms with E-state index in [1.165, 1.54) is 45.9 Å². The smallest absolute Gasteiger partial charge is 0.311 e. The predicted molar refractivity (Wildman–Crippen MR) is 77.7 cm³/mol. The highest BCUT2D eigenvalue weighted by Gasteiger charge is 2.46. The number of rotatable bonds is 4. The van der Waals surface area contributed by atoms with Gasteiger partial charge in [0.25, 0.3) is 0 Å². The standard InChI is InChI=1S/C16H29NO3/c1-4-15(2)12-16(8-11-20-15)7-5-9-17(13-16)10-6-14(18)19-3/h4-13H2,1-3H3/p+1/t15-,16+/m1/s1. The molecule has 116 valence electrons. The summed E-state index contributed by atoms with van der Waals surface area (Å²) < 4.78 is 10.8. The molecule has 1 spiro atoms. The number of likely N-dealkylation sites (tertiary alicyclic amines) is 1. The quantitative estimate of drug-likeness (QED) is 0.789. The Labute approximate surface area is 122 Å². The zero-order valence-electron chi connectivity index (χ0n) is 13.3. The van der Waals surface area contributed by atoms with Crippen molar-refractivity contribution in [2.24, 2.45) is 5.41 Å². The Kier molecular flexibility index (Phi) is 5.08. The number of esters is 1. The van der Waals surface area contributed by atoms with Gasteiger partial charge in [-0.3, -0.25) is 4.79 Å². The SMILES string of the molecule is CC[C@]1(C)C[C@]2(CCC[NH+](CCC(=O)OC)C2)CCO1. The first-order chi connectivity index (χ1) is 9.51. The second-order valence-electron chi connectivity index (χ2n) is 6.94. The summed E-state index contributed by atoms with van der Waals surface area (Å²) in [4.78, 5) is 12.9. The maximum Gasteiger partial charge on any atom is 0.311 e. The van der Waals surface area contributed by atoms with E-state index < -0.39 is 0 Å². The second-order valence-corrected chi connectivity index (χ2v) is 6.94. The molecule has 2 heterocycles. The van der Waals surface area contributed by atoms with E-state index in [0.717, 1.165) is 19.6 Å². The van der Waals surface area contributed by atoms with E-state index in [1.54, 1.807) is 4.90 Å². The number of hydrogen-bond donors (Lipinski definition) is 1. The summed E-state index contributed by atoms with van der Waals surface area (Å²) in [6.45, 7) is 8.69. The van der Waals surface area contributed by atoms with Crippen molar-refractivity contribution in [1.29, 1.82) is 0 Å². The van der Waals surface area contributed by atoms with Crippen LogP contribution in [0.3, 0.4) is 0 Å². The molecule has 3 atom stereocenters. The first kappa shape index (κ1) is 15.8. The molecular formula is C16H30NO3+. The van der Waals surface area contributed by atoms with Crippen molar-refractivity contribution >= 4 is 5.97 Å². The third-order valence-corrected chi connectivity index (χ3v) is 5.35. The van der Waals surface area contributed by atoms with Gasteiger partial charge in [0.2, 0.25) is 0 Å². The molecule has 0 aromatic rings. The Bertz CT molecular complexity index is 343. The molecule has 4 heteroatoms. The fraction of sp³-hybridized carbons (Fsp3) is 0.938. The van der Waals surface area contributed by atoms with Crippen molar-refractivity contribution in [3.05, 3.63) is 0 Å². The summed E-state index contributed by atoms with van der Waals surface area (Å²) in [6, 6.07) is 0. The number of ether oxygens (including phenoxy) is 2. The third kappa shape index (κ3) is 3.73. The van der Waals surface area contributed by atoms with Gasteiger partial charge in [-0.15, -0.1) is 0 Å². The largest absolute Gasteiger partial charge is 0.469 e. The molecule has 0 saturated carbocycles. The van der Waals surface area contributed by atoms with Gasteiger partial charge in [-0.05, 0) is 39.0 Å². The van der Waals surface area contributed by atoms with E-state index in [-0.39, 0.29) is 11.6 Å². The Hall–Kier alpha value is -0.610. The van der Waals surface area contributed by atoms with E-state index >= 15 is 0 Å². The number of methoxy groups -OCH3 is 1. The molecule has 0 aliphatic carbocycles. The highest BCUT2D eigenvalue weighted by Crippen LogP contribution is 2.43. The lowest BCUT2D eigenvalue weighted by Crippen LogP contribution is -3.14. The van der Waals surface area contributed by atoms with Gasteiger partial charge in [-0.2, -0.15) is 0 Å². The summed E-state index contributed by atoms with van der Waals surface area (Å²) in [5.74, 6) is -0.0810. The third-order valence-electron chi connectivity index (χ3n) is 5.35. The van der Waals surface area contributed by atoms with Crippen LogP contribution < -0.4 is 4.90 Å². The summed E-state index contributed by atoms with van der Waals surface area (Å²) in [6.07, 6.45) is 6.60. The van der Waals surface area contributed by atoms with Crippen LogP contribution in [0.1, 0.15) is 52.4 Å². The van der Waals surface area contributed by atoms with Gasteiger partial charge in [0.1, 0.15) is 0 Å². The van der Waals surface area contributed by atoms with E-state index in [2.05, 4.69) is 13.8 Å². The maximum atomic E-state index is 11.3. The number of nitrogens with one attached hydrogen (secondary N) is 1. The fourth-order valence-corrected chi connectivity index (χ4v) is 4.05. The number of quaternary nitrogens is 1. The number of hydrogen-bond acceptors (Lipinski definition) is 3. The molecule has 0 aromatic heterocycles. The lowest BCUT2D eigenvalue weighted by atomic mass is 9.68. The summed E-state index contributed by atoms with van der Waals surface area (Å²) in [5, 5.41) is 0. The van der Waals surface area contributed by atoms with Gasteiger partial charge in [-0.25, -0.2) is 0 Å². The normalized spacial score (nSPS) is 37.9. The minimum atomic E-state index is -0.0810. The Balaban J connectivity index is 1.93. The zero-order chi connectivity index (χ0) is 14.6. The molecule has 0 radical (unpaired) electrons. The van der Waals surface area contributed by atoms with Gasteiger partial charge in [0.15, 0.2) is 0 Å². The molecule has 2 aliphatic heterocycles. The van der Waals surface area contributed by atoms with Gasteiger partial charge in [0.05, 0.1) is 38.8 Å². The molecule has 20 heavy (non-hydrogen) atoms. The van der Waals surface area contributed by atoms with Crippen LogP contribution in [0.25, 0.3) is 0 Å². The molecular weight excluding hydrogens is 254 g/mol. The molecule has 2 rings (SSSR count). The second kappa shape index (κ2) is 6.44. The van der Waals surface area contributed by atoms with Crippen molar-refractivity contribution in [1.82, 2.24) is 0 Å². The minimum absolute atomic E-state index is 0.0586. The summed E-state index contributed by atoms with van der Waals surface area (Å²) in [5.41, 5.74) is 0.496. The molecule has 1 N–H and O–H groups in total. The predicted octanol–water partition coefficient (Wildman–Crippen LogP) is 1.19. The highest BCUT2D eigenvalue weighted by atomic mass is 16.5. The van der Waals surface area contributed by atoms with Crippen molar-refractivity contribution in [3.63, 3.8) is 0 Å². The van der Waals surface area contributed by atoms with E-state index in [4.69, 9.17) is 9.47 Å². The van der Waals surface area contributed by atoms with E-state index in [9.17, 15) is 4.79 Å². The van der Waals surface area contributed by atoms with E-state index in [1.807, 2.05) is 0 Å². The maximum absolute atomic E-state index is 11.3. The van der Waals surface area contributed by atoms with Crippen LogP contribution in [-0.4, -0.2) is 44.9 Å². The van der Waals surface area contributed by atoms with Gasteiger partial charge in [0, 0.05) is 12.0 Å². The summed E-state index contributed by atoms with van der Waals surface area (Å²) in [7, 11) is 1.47. The topological polar surface area (TPSA) is 40.0 Å². The van der Waals surface area contributed by atoms with Crippen molar-refractivity contribution < 1.29 is 19.2 Å². The van der Waals surface area contributed by atoms with Crippen LogP contribution >= 0.6 is 0 Å². The number of carbonyl (C=O) groups excluding carboxylic acids is 1. The Morgan fingerprint density at radius 1 is 1.40 bits per heavy atom. The van der Waals surface area contributed by atoms with E-state index in [0.29, 0.717) is 11.8 Å². The van der Waals surface area contributed by atoms with Crippen LogP contribution in [0.5, 0.6) is 0 Å². The Morgan fingerprint density at radius 2 is 2.20 bits per heavy atom. The zero-order valence-corrected chi connectivity index (χ0v) is 13.3. The van der Waals surface area contributed by atoms with Crippen LogP contribution in [0.2, 0.25) is 0 Å². The monoisotopic (exact) mass is 284 g/mol. The molecule has 0 aromatic carbocycles. The van der Waals surface area contributed by atoms with Crippen LogP contribution in [0.15, 0.2) is 0 Å². The number of carbonyl (C=O) groups is 1. The van der Waals surface area contributed by atoms with Crippen LogP contribution in [0.4, 0.5) is 0 Å². The van der Waals surface area contributed by atoms with Crippen LogP contribution in [0, 0.1) is 5.41 Å². The van der Waals surface area contributed by atoms with Crippen LogP contribution in [-0.2, 0) is 14.3 Å². The lowest BCUT2D eigenvalue weighted by Gasteiger charge is -2.49. The first-order valence-electron chi connectivity index (χ1n) is 8.05. The van der Waals surface area contributed by atoms with Crippen molar-refractivity contribution in [3.8, 4) is 0 Å². The fourth-order valence-electron chi connectivity index (χ4n) is 4.05. The average Bonchev–Trinajstić information content (AvgIpc) is 2.45. The molecule has 4 nitrogen and oxygen atoms in total. The van der Waals surface area contributed by atoms with Gasteiger partial charge in [-0.1, -0.05) is 6.92 Å². The lowest BCUT2D eigenvalue weighted by molar-refractivity contribution is -0.913. The van der Waals surface area contributed by atoms with Gasteiger partial charge >= 0.3 is 5.97 Å². The highest BCUT2D eigenvalue weighted by molar-refractivity contribution is 5.69. The van der Waals surface area contributed by atoms with Crippen molar-refractivity contribution in [2.75, 3.05) is 33.4 Å². The van der Waals surface area contributed by atoms with Gasteiger partial charge < -0.3 is 14.4 Å². The summed E-state index contributed by atoms with van der Waals surface area (Å²) >= 11 is 0. The Morgan fingerprint density at radius 3 is 2.90 bits per heavy atom. The number of piperidine rings is 1. The molecule has 2 saturated heterocycles. The molecule has 2 fully saturated rings. The minimum Gasteiger partial charge on any atom is -0.469 e. The van der Waals surface area contributed by atoms with Crippen molar-refractivity contribution in [2.45, 2.75) is 58.0 Å². The molecule has 0 amide bonds. The molecule has 0 bridgehead atoms. The average molecular weight is 284 g/mol. The molecule has 2 aliphatic rings. The first-order valence-corrected chi connectivity index (χ1v) is 8.05. The molecule has 1 unspecified atom stereocenters.